The van der Waals surface area contributed by atoms with Crippen molar-refractivity contribution in [2.75, 3.05) is 0 Å². The number of nitrogens with two attached hydrogens (primary N) is 1. The van der Waals surface area contributed by atoms with Gasteiger partial charge in [0.15, 0.2) is 0 Å². The summed E-state index contributed by atoms with van der Waals surface area (Å²) in [5, 5.41) is 0. The van der Waals surface area contributed by atoms with Gasteiger partial charge in [0, 0.05) is 5.92 Å². The van der Waals surface area contributed by atoms with E-state index in [0.717, 1.165) is 51.4 Å². The van der Waals surface area contributed by atoms with E-state index in [1.54, 1.807) is 0 Å². The Labute approximate surface area is 143 Å². The molecule has 1 unspecified atom stereocenters. The van der Waals surface area contributed by atoms with E-state index in [4.69, 9.17) is 5.73 Å². The van der Waals surface area contributed by atoms with Crippen molar-refractivity contribution < 1.29 is 4.79 Å². The van der Waals surface area contributed by atoms with Gasteiger partial charge in [-0.05, 0) is 44.9 Å². The third-order valence-electron chi connectivity index (χ3n) is 3.99. The molecule has 0 radical (unpaired) electrons. The van der Waals surface area contributed by atoms with Crippen LogP contribution >= 0.6 is 0 Å². The number of hydrogen-bond donors (Lipinski definition) is 1. The molecule has 132 valence electrons. The van der Waals surface area contributed by atoms with Gasteiger partial charge >= 0.3 is 0 Å². The summed E-state index contributed by atoms with van der Waals surface area (Å²) in [6.45, 7) is 4.27. The van der Waals surface area contributed by atoms with Gasteiger partial charge in [-0.2, -0.15) is 0 Å². The molecule has 0 saturated carbocycles. The number of hydrogen-bond acceptors (Lipinski definition) is 1. The van der Waals surface area contributed by atoms with Crippen LogP contribution in [0.2, 0.25) is 0 Å². The van der Waals surface area contributed by atoms with Crippen LogP contribution in [0, 0.1) is 5.92 Å². The van der Waals surface area contributed by atoms with Gasteiger partial charge in [0.2, 0.25) is 5.91 Å². The molecular formula is C21H37NO. The predicted molar refractivity (Wildman–Crippen MR) is 102 cm³/mol. The number of unbranched alkanes of at least 4 members (excludes halogenated alkanes) is 4. The first-order chi connectivity index (χ1) is 11.2. The largest absolute Gasteiger partial charge is 0.369 e. The molecule has 0 heterocycles. The monoisotopic (exact) mass is 319 g/mol. The molecule has 0 saturated heterocycles. The second-order valence-corrected chi connectivity index (χ2v) is 6.17. The number of carbonyl (C=O) groups is 1. The number of amides is 1. The van der Waals surface area contributed by atoms with E-state index in [0.29, 0.717) is 0 Å². The van der Waals surface area contributed by atoms with Gasteiger partial charge in [-0.1, -0.05) is 76.0 Å². The predicted octanol–water partition coefficient (Wildman–Crippen LogP) is 6.09. The summed E-state index contributed by atoms with van der Waals surface area (Å²) in [5.41, 5.74) is 5.42. The molecule has 23 heavy (non-hydrogen) atoms. The summed E-state index contributed by atoms with van der Waals surface area (Å²) >= 11 is 0. The molecule has 0 aliphatic rings. The van der Waals surface area contributed by atoms with Crippen molar-refractivity contribution in [1.82, 2.24) is 0 Å². The van der Waals surface area contributed by atoms with Crippen molar-refractivity contribution in [3.63, 3.8) is 0 Å². The Kier molecular flexibility index (Phi) is 16.1. The minimum Gasteiger partial charge on any atom is -0.369 e. The number of primary amides is 1. The Balaban J connectivity index is 3.46. The van der Waals surface area contributed by atoms with Gasteiger partial charge in [-0.25, -0.2) is 0 Å². The van der Waals surface area contributed by atoms with Crippen LogP contribution in [-0.4, -0.2) is 5.91 Å². The molecule has 0 spiro atoms. The molecule has 2 nitrogen and oxygen atoms in total. The maximum atomic E-state index is 11.3. The van der Waals surface area contributed by atoms with Crippen molar-refractivity contribution >= 4 is 5.91 Å². The van der Waals surface area contributed by atoms with Crippen molar-refractivity contribution in [2.45, 2.75) is 84.5 Å². The Morgan fingerprint density at radius 2 is 1.43 bits per heavy atom. The lowest BCUT2D eigenvalue weighted by Gasteiger charge is -2.11. The molecule has 0 fully saturated rings. The van der Waals surface area contributed by atoms with Crippen LogP contribution in [0.3, 0.4) is 0 Å². The van der Waals surface area contributed by atoms with Gasteiger partial charge < -0.3 is 5.73 Å². The highest BCUT2D eigenvalue weighted by Crippen LogP contribution is 2.16. The molecule has 0 aromatic carbocycles. The maximum Gasteiger partial charge on any atom is 0.220 e. The molecule has 2 N–H and O–H groups in total. The zero-order valence-electron chi connectivity index (χ0n) is 15.3. The third kappa shape index (κ3) is 15.4. The summed E-state index contributed by atoms with van der Waals surface area (Å²) < 4.78 is 0. The molecular weight excluding hydrogens is 282 g/mol. The standard InChI is InChI=1S/C21H37NO/c1-3-5-6-7-8-9-10-11-12-13-14-15-16-17-19-20(18-4-2)21(22)23/h5-6,8-9,11-12,20H,3-4,7,10,13-19H2,1-2H3,(H2,22,23)/b6-5-,9-8-,12-11-. The minimum atomic E-state index is -0.118. The van der Waals surface area contributed by atoms with Crippen LogP contribution in [0.5, 0.6) is 0 Å². The first-order valence-electron chi connectivity index (χ1n) is 9.46. The number of carbonyl (C=O) groups excluding carboxylic acids is 1. The highest BCUT2D eigenvalue weighted by molar-refractivity contribution is 5.76. The summed E-state index contributed by atoms with van der Waals surface area (Å²) in [5.74, 6) is -0.0214. The topological polar surface area (TPSA) is 43.1 Å². The highest BCUT2D eigenvalue weighted by atomic mass is 16.1. The Morgan fingerprint density at radius 1 is 0.826 bits per heavy atom. The molecule has 0 aromatic heterocycles. The zero-order valence-corrected chi connectivity index (χ0v) is 15.3. The SMILES string of the molecule is CC/C=C\C/C=C\C/C=C\CCCCCCC(CCC)C(N)=O. The Morgan fingerprint density at radius 3 is 2.04 bits per heavy atom. The molecule has 0 rings (SSSR count). The molecule has 0 aliphatic carbocycles. The van der Waals surface area contributed by atoms with Crippen LogP contribution in [0.4, 0.5) is 0 Å². The molecule has 0 aromatic rings. The van der Waals surface area contributed by atoms with Crippen LogP contribution < -0.4 is 5.73 Å². The lowest BCUT2D eigenvalue weighted by atomic mass is 9.95. The van der Waals surface area contributed by atoms with Crippen LogP contribution in [0.1, 0.15) is 84.5 Å². The smallest absolute Gasteiger partial charge is 0.220 e. The lowest BCUT2D eigenvalue weighted by Crippen LogP contribution is -2.23. The first-order valence-corrected chi connectivity index (χ1v) is 9.46. The highest BCUT2D eigenvalue weighted by Gasteiger charge is 2.12. The fourth-order valence-corrected chi connectivity index (χ4v) is 2.61. The molecule has 1 amide bonds. The minimum absolute atomic E-state index is 0.0962. The Bertz CT molecular complexity index is 355. The van der Waals surface area contributed by atoms with E-state index < -0.39 is 0 Å². The van der Waals surface area contributed by atoms with Crippen LogP contribution in [-0.2, 0) is 4.79 Å². The zero-order chi connectivity index (χ0) is 17.2. The normalized spacial score (nSPS) is 13.5. The van der Waals surface area contributed by atoms with Gasteiger partial charge in [0.1, 0.15) is 0 Å². The fraction of sp³-hybridized carbons (Fsp3) is 0.667. The average molecular weight is 320 g/mol. The van der Waals surface area contributed by atoms with E-state index in [2.05, 4.69) is 50.3 Å². The fourth-order valence-electron chi connectivity index (χ4n) is 2.61. The van der Waals surface area contributed by atoms with Gasteiger partial charge in [0.25, 0.3) is 0 Å². The quantitative estimate of drug-likeness (QED) is 0.288. The van der Waals surface area contributed by atoms with Crippen LogP contribution in [0.25, 0.3) is 0 Å². The molecule has 0 bridgehead atoms. The molecule has 0 aliphatic heterocycles. The second-order valence-electron chi connectivity index (χ2n) is 6.17. The Hall–Kier alpha value is -1.31. The maximum absolute atomic E-state index is 11.3. The van der Waals surface area contributed by atoms with E-state index in [-0.39, 0.29) is 11.8 Å². The average Bonchev–Trinajstić information content (AvgIpc) is 2.54. The summed E-state index contributed by atoms with van der Waals surface area (Å²) in [6.07, 6.45) is 25.6. The summed E-state index contributed by atoms with van der Waals surface area (Å²) in [4.78, 5) is 11.3. The third-order valence-corrected chi connectivity index (χ3v) is 3.99. The molecule has 1 atom stereocenters. The van der Waals surface area contributed by atoms with Crippen LogP contribution in [0.15, 0.2) is 36.5 Å². The number of rotatable bonds is 15. The summed E-state index contributed by atoms with van der Waals surface area (Å²) in [6, 6.07) is 0. The van der Waals surface area contributed by atoms with E-state index in [1.807, 2.05) is 0 Å². The van der Waals surface area contributed by atoms with Gasteiger partial charge in [-0.3, -0.25) is 4.79 Å². The van der Waals surface area contributed by atoms with Crippen molar-refractivity contribution in [2.24, 2.45) is 11.7 Å². The molecule has 2 heteroatoms. The number of allylic oxidation sites excluding steroid dienone is 6. The van der Waals surface area contributed by atoms with Crippen molar-refractivity contribution in [3.05, 3.63) is 36.5 Å². The lowest BCUT2D eigenvalue weighted by molar-refractivity contribution is -0.122. The van der Waals surface area contributed by atoms with Crippen molar-refractivity contribution in [3.8, 4) is 0 Å². The van der Waals surface area contributed by atoms with Crippen molar-refractivity contribution in [1.29, 1.82) is 0 Å². The van der Waals surface area contributed by atoms with Gasteiger partial charge in [0.05, 0.1) is 0 Å². The first kappa shape index (κ1) is 21.7. The van der Waals surface area contributed by atoms with E-state index >= 15 is 0 Å². The van der Waals surface area contributed by atoms with E-state index in [1.165, 1.54) is 19.3 Å². The van der Waals surface area contributed by atoms with E-state index in [9.17, 15) is 4.79 Å². The van der Waals surface area contributed by atoms with Gasteiger partial charge in [-0.15, -0.1) is 0 Å². The second kappa shape index (κ2) is 17.1. The summed E-state index contributed by atoms with van der Waals surface area (Å²) in [7, 11) is 0.